The highest BCUT2D eigenvalue weighted by Gasteiger charge is 2.23. The van der Waals surface area contributed by atoms with Crippen molar-refractivity contribution in [2.24, 2.45) is 17.8 Å². The monoisotopic (exact) mass is 418 g/mol. The maximum Gasteiger partial charge on any atom is 0.253 e. The van der Waals surface area contributed by atoms with Gasteiger partial charge in [-0.05, 0) is 61.6 Å². The topological polar surface area (TPSA) is 69.6 Å². The average molecular weight is 419 g/mol. The van der Waals surface area contributed by atoms with Crippen molar-refractivity contribution >= 4 is 11.8 Å². The van der Waals surface area contributed by atoms with Crippen molar-refractivity contribution in [2.75, 3.05) is 19.7 Å². The molecule has 30 heavy (non-hydrogen) atoms. The van der Waals surface area contributed by atoms with Gasteiger partial charge >= 0.3 is 0 Å². The number of hydrogen-bond acceptors (Lipinski definition) is 3. The number of carbonyl (C=O) groups is 2. The van der Waals surface area contributed by atoms with Crippen LogP contribution in [0.2, 0.25) is 0 Å². The number of carbonyl (C=O) groups excluding carboxylic acids is 2. The maximum atomic E-state index is 13.0. The fraction of sp³-hybridized carbons (Fsp3) is 0.680. The molecule has 5 heteroatoms. The van der Waals surface area contributed by atoms with E-state index in [1.807, 2.05) is 11.8 Å². The fourth-order valence-corrected chi connectivity index (χ4v) is 3.90. The summed E-state index contributed by atoms with van der Waals surface area (Å²) in [6, 6.07) is 7.08. The number of nitrogens with one attached hydrogen (secondary N) is 1. The summed E-state index contributed by atoms with van der Waals surface area (Å²) in [6.07, 6.45) is 3.56. The molecule has 0 aliphatic heterocycles. The number of rotatable bonds is 13. The molecule has 5 nitrogen and oxygen atoms in total. The van der Waals surface area contributed by atoms with E-state index in [2.05, 4.69) is 39.9 Å². The predicted octanol–water partition coefficient (Wildman–Crippen LogP) is 4.75. The predicted molar refractivity (Wildman–Crippen MR) is 124 cm³/mol. The Labute approximate surface area is 183 Å². The second-order valence-electron chi connectivity index (χ2n) is 9.08. The zero-order chi connectivity index (χ0) is 22.7. The normalized spacial score (nSPS) is 14.3. The van der Waals surface area contributed by atoms with Gasteiger partial charge in [-0.3, -0.25) is 9.59 Å². The Bertz CT molecular complexity index is 654. The summed E-state index contributed by atoms with van der Waals surface area (Å²) in [7, 11) is 0. The Morgan fingerprint density at radius 1 is 1.00 bits per heavy atom. The van der Waals surface area contributed by atoms with Crippen LogP contribution in [0.25, 0.3) is 0 Å². The number of nitrogens with zero attached hydrogens (tertiary/aromatic N) is 1. The maximum absolute atomic E-state index is 13.0. The van der Waals surface area contributed by atoms with Gasteiger partial charge in [-0.25, -0.2) is 0 Å². The summed E-state index contributed by atoms with van der Waals surface area (Å²) in [5, 5.41) is 12.6. The quantitative estimate of drug-likeness (QED) is 0.486. The zero-order valence-electron chi connectivity index (χ0n) is 19.8. The summed E-state index contributed by atoms with van der Waals surface area (Å²) in [5.41, 5.74) is 1.08. The first kappa shape index (κ1) is 26.2. The molecule has 0 fully saturated rings. The lowest BCUT2D eigenvalue weighted by Crippen LogP contribution is -2.41. The minimum Gasteiger partial charge on any atom is -0.396 e. The Hall–Kier alpha value is -1.88. The van der Waals surface area contributed by atoms with E-state index < -0.39 is 0 Å². The van der Waals surface area contributed by atoms with Crippen LogP contribution in [0.1, 0.15) is 87.9 Å². The highest BCUT2D eigenvalue weighted by molar-refractivity contribution is 5.99. The van der Waals surface area contributed by atoms with Gasteiger partial charge in [0.05, 0.1) is 0 Å². The molecule has 0 aliphatic rings. The molecule has 0 saturated carbocycles. The molecule has 0 spiro atoms. The van der Waals surface area contributed by atoms with Crippen LogP contribution in [0.15, 0.2) is 24.3 Å². The van der Waals surface area contributed by atoms with E-state index in [-0.39, 0.29) is 36.3 Å². The van der Waals surface area contributed by atoms with Gasteiger partial charge in [-0.1, -0.05) is 47.6 Å². The molecule has 0 radical (unpaired) electrons. The van der Waals surface area contributed by atoms with E-state index in [4.69, 9.17) is 0 Å². The zero-order valence-corrected chi connectivity index (χ0v) is 19.8. The summed E-state index contributed by atoms with van der Waals surface area (Å²) in [4.78, 5) is 27.8. The third-order valence-corrected chi connectivity index (χ3v) is 5.46. The van der Waals surface area contributed by atoms with E-state index in [1.165, 1.54) is 0 Å². The second kappa shape index (κ2) is 13.4. The van der Waals surface area contributed by atoms with E-state index >= 15 is 0 Å². The minimum absolute atomic E-state index is 0.0165. The summed E-state index contributed by atoms with van der Waals surface area (Å²) >= 11 is 0. The van der Waals surface area contributed by atoms with Gasteiger partial charge in [0.25, 0.3) is 11.8 Å². The Morgan fingerprint density at radius 2 is 1.60 bits per heavy atom. The third-order valence-electron chi connectivity index (χ3n) is 5.46. The van der Waals surface area contributed by atoms with Crippen molar-refractivity contribution in [1.82, 2.24) is 10.2 Å². The van der Waals surface area contributed by atoms with Crippen LogP contribution in [0, 0.1) is 17.8 Å². The van der Waals surface area contributed by atoms with Crippen LogP contribution >= 0.6 is 0 Å². The minimum atomic E-state index is -0.142. The molecular weight excluding hydrogens is 376 g/mol. The lowest BCUT2D eigenvalue weighted by molar-refractivity contribution is 0.0755. The molecule has 170 valence electrons. The molecule has 1 rings (SSSR count). The van der Waals surface area contributed by atoms with Crippen molar-refractivity contribution in [1.29, 1.82) is 0 Å². The molecular formula is C25H42N2O3. The Balaban J connectivity index is 2.97. The molecule has 0 unspecified atom stereocenters. The molecule has 1 aromatic rings. The van der Waals surface area contributed by atoms with Crippen molar-refractivity contribution in [2.45, 2.75) is 73.3 Å². The van der Waals surface area contributed by atoms with Gasteiger partial charge in [-0.2, -0.15) is 0 Å². The van der Waals surface area contributed by atoms with Gasteiger partial charge in [0, 0.05) is 36.9 Å². The Kier molecular flexibility index (Phi) is 11.7. The smallest absolute Gasteiger partial charge is 0.253 e. The van der Waals surface area contributed by atoms with E-state index in [1.54, 1.807) is 24.3 Å². The number of aliphatic hydroxyl groups is 1. The molecule has 0 saturated heterocycles. The van der Waals surface area contributed by atoms with E-state index in [0.29, 0.717) is 17.0 Å². The van der Waals surface area contributed by atoms with Gasteiger partial charge in [0.1, 0.15) is 0 Å². The van der Waals surface area contributed by atoms with Gasteiger partial charge in [-0.15, -0.1) is 0 Å². The largest absolute Gasteiger partial charge is 0.396 e. The molecule has 0 aliphatic carbocycles. The molecule has 3 atom stereocenters. The van der Waals surface area contributed by atoms with Crippen molar-refractivity contribution in [3.05, 3.63) is 35.4 Å². The van der Waals surface area contributed by atoms with Crippen LogP contribution in [-0.4, -0.2) is 47.6 Å². The summed E-state index contributed by atoms with van der Waals surface area (Å²) < 4.78 is 0. The molecule has 1 aromatic carbocycles. The number of amides is 2. The lowest BCUT2D eigenvalue weighted by atomic mass is 9.86. The molecule has 0 heterocycles. The molecule has 2 N–H and O–H groups in total. The average Bonchev–Trinajstić information content (AvgIpc) is 2.72. The van der Waals surface area contributed by atoms with Gasteiger partial charge < -0.3 is 15.3 Å². The highest BCUT2D eigenvalue weighted by Crippen LogP contribution is 2.21. The van der Waals surface area contributed by atoms with Crippen LogP contribution in [-0.2, 0) is 0 Å². The summed E-state index contributed by atoms with van der Waals surface area (Å²) in [6.45, 7) is 14.2. The molecule has 0 aromatic heterocycles. The lowest BCUT2D eigenvalue weighted by Gasteiger charge is -2.28. The first-order valence-corrected chi connectivity index (χ1v) is 11.5. The number of hydrogen-bond donors (Lipinski definition) is 2. The summed E-state index contributed by atoms with van der Waals surface area (Å²) in [5.74, 6) is 0.754. The molecule has 2 amide bonds. The third kappa shape index (κ3) is 8.47. The van der Waals surface area contributed by atoms with Crippen molar-refractivity contribution < 1.29 is 14.7 Å². The van der Waals surface area contributed by atoms with E-state index in [0.717, 1.165) is 38.8 Å². The standard InChI is InChI=1S/C25H42N2O3/c1-7-12-27(13-8-2)25(30)22-11-9-10-21(16-22)24(29)26-23(14-18(3)4)20(6)15-19(5)17-28/h9-11,16,18-20,23,28H,7-8,12-15,17H2,1-6H3,(H,26,29)/t19-,20+,23+/m1/s1. The van der Waals surface area contributed by atoms with Crippen LogP contribution in [0.5, 0.6) is 0 Å². The number of benzene rings is 1. The van der Waals surface area contributed by atoms with Crippen molar-refractivity contribution in [3.63, 3.8) is 0 Å². The van der Waals surface area contributed by atoms with Gasteiger partial charge in [0.15, 0.2) is 0 Å². The highest BCUT2D eigenvalue weighted by atomic mass is 16.3. The van der Waals surface area contributed by atoms with Crippen LogP contribution in [0.3, 0.4) is 0 Å². The SMILES string of the molecule is CCCN(CCC)C(=O)c1cccc(C(=O)N[C@@H](CC(C)C)[C@@H](C)C[C@@H](C)CO)c1. The first-order chi connectivity index (χ1) is 14.2. The number of aliphatic hydroxyl groups excluding tert-OH is 1. The van der Waals surface area contributed by atoms with Crippen LogP contribution < -0.4 is 5.32 Å². The second-order valence-corrected chi connectivity index (χ2v) is 9.08. The van der Waals surface area contributed by atoms with E-state index in [9.17, 15) is 14.7 Å². The first-order valence-electron chi connectivity index (χ1n) is 11.5. The van der Waals surface area contributed by atoms with Gasteiger partial charge in [0.2, 0.25) is 0 Å². The fourth-order valence-electron chi connectivity index (χ4n) is 3.90. The Morgan fingerprint density at radius 3 is 2.13 bits per heavy atom. The molecule has 0 bridgehead atoms. The van der Waals surface area contributed by atoms with Crippen molar-refractivity contribution in [3.8, 4) is 0 Å². The van der Waals surface area contributed by atoms with Crippen LogP contribution in [0.4, 0.5) is 0 Å².